The van der Waals surface area contributed by atoms with E-state index in [4.69, 9.17) is 4.74 Å². The van der Waals surface area contributed by atoms with Crippen LogP contribution in [0.15, 0.2) is 60.2 Å². The highest BCUT2D eigenvalue weighted by Crippen LogP contribution is 2.24. The lowest BCUT2D eigenvalue weighted by molar-refractivity contribution is -0.122. The molecular weight excluding hydrogens is 320 g/mol. The third kappa shape index (κ3) is 3.42. The Labute approximate surface area is 144 Å². The lowest BCUT2D eigenvalue weighted by Crippen LogP contribution is -2.54. The molecule has 6 heteroatoms. The Hall–Kier alpha value is -3.41. The van der Waals surface area contributed by atoms with Crippen LogP contribution >= 0.6 is 0 Å². The molecular formula is C19H16N2O4. The maximum absolute atomic E-state index is 12.7. The number of carbonyl (C=O) groups excluding carboxylic acids is 3. The molecule has 0 radical (unpaired) electrons. The summed E-state index contributed by atoms with van der Waals surface area (Å²) in [5, 5.41) is 2.20. The fraction of sp³-hybridized carbons (Fsp3) is 0.105. The third-order valence-electron chi connectivity index (χ3n) is 3.62. The number of hydrogen-bond acceptors (Lipinski definition) is 4. The number of imide groups is 2. The van der Waals surface area contributed by atoms with Crippen LogP contribution in [0.3, 0.4) is 0 Å². The molecule has 2 aromatic carbocycles. The number of carbonyl (C=O) groups is 3. The van der Waals surface area contributed by atoms with Crippen molar-refractivity contribution in [1.29, 1.82) is 0 Å². The highest BCUT2D eigenvalue weighted by Gasteiger charge is 2.36. The van der Waals surface area contributed by atoms with Crippen LogP contribution in [0.25, 0.3) is 6.08 Å². The maximum atomic E-state index is 12.7. The number of rotatable bonds is 4. The molecule has 3 rings (SSSR count). The number of anilines is 1. The molecule has 6 nitrogen and oxygen atoms in total. The quantitative estimate of drug-likeness (QED) is 0.688. The normalized spacial score (nSPS) is 16.1. The third-order valence-corrected chi connectivity index (χ3v) is 3.62. The van der Waals surface area contributed by atoms with Crippen LogP contribution in [0.5, 0.6) is 5.75 Å². The summed E-state index contributed by atoms with van der Waals surface area (Å²) < 4.78 is 5.35. The van der Waals surface area contributed by atoms with Crippen molar-refractivity contribution in [2.75, 3.05) is 11.5 Å². The van der Waals surface area contributed by atoms with Crippen molar-refractivity contribution < 1.29 is 19.1 Å². The Morgan fingerprint density at radius 2 is 1.68 bits per heavy atom. The minimum absolute atomic E-state index is 0.0975. The van der Waals surface area contributed by atoms with Crippen molar-refractivity contribution in [3.8, 4) is 5.75 Å². The average Bonchev–Trinajstić information content (AvgIpc) is 2.61. The first-order valence-corrected chi connectivity index (χ1v) is 7.79. The molecule has 1 N–H and O–H groups in total. The molecule has 1 aliphatic heterocycles. The van der Waals surface area contributed by atoms with E-state index in [2.05, 4.69) is 5.32 Å². The van der Waals surface area contributed by atoms with Gasteiger partial charge in [0.15, 0.2) is 0 Å². The van der Waals surface area contributed by atoms with Gasteiger partial charge in [0.2, 0.25) is 0 Å². The first-order valence-electron chi connectivity index (χ1n) is 7.79. The van der Waals surface area contributed by atoms with Gasteiger partial charge in [-0.3, -0.25) is 14.9 Å². The van der Waals surface area contributed by atoms with Gasteiger partial charge in [0.1, 0.15) is 11.3 Å². The SMILES string of the molecule is CCOc1ccc(N2C(=O)NC(=O)/C(=C\c3ccccc3)C2=O)cc1. The molecule has 0 aromatic heterocycles. The molecule has 0 bridgehead atoms. The topological polar surface area (TPSA) is 75.7 Å². The van der Waals surface area contributed by atoms with E-state index in [1.165, 1.54) is 6.08 Å². The molecule has 1 aliphatic rings. The van der Waals surface area contributed by atoms with Crippen molar-refractivity contribution in [2.45, 2.75) is 6.92 Å². The first-order chi connectivity index (χ1) is 12.1. The molecule has 1 heterocycles. The van der Waals surface area contributed by atoms with Gasteiger partial charge in [-0.15, -0.1) is 0 Å². The van der Waals surface area contributed by atoms with Gasteiger partial charge in [-0.2, -0.15) is 0 Å². The second-order valence-corrected chi connectivity index (χ2v) is 5.30. The van der Waals surface area contributed by atoms with E-state index in [1.807, 2.05) is 13.0 Å². The van der Waals surface area contributed by atoms with E-state index in [-0.39, 0.29) is 5.57 Å². The van der Waals surface area contributed by atoms with E-state index < -0.39 is 17.8 Å². The molecule has 4 amide bonds. The number of hydrogen-bond donors (Lipinski definition) is 1. The summed E-state index contributed by atoms with van der Waals surface area (Å²) >= 11 is 0. The lowest BCUT2D eigenvalue weighted by atomic mass is 10.1. The van der Waals surface area contributed by atoms with E-state index in [0.29, 0.717) is 23.6 Å². The monoisotopic (exact) mass is 336 g/mol. The van der Waals surface area contributed by atoms with Gasteiger partial charge in [-0.1, -0.05) is 30.3 Å². The minimum Gasteiger partial charge on any atom is -0.494 e. The Morgan fingerprint density at radius 1 is 1.00 bits per heavy atom. The summed E-state index contributed by atoms with van der Waals surface area (Å²) in [5.74, 6) is -0.741. The van der Waals surface area contributed by atoms with E-state index in [1.54, 1.807) is 48.5 Å². The average molecular weight is 336 g/mol. The molecule has 0 unspecified atom stereocenters. The van der Waals surface area contributed by atoms with Crippen molar-refractivity contribution in [3.63, 3.8) is 0 Å². The van der Waals surface area contributed by atoms with Gasteiger partial charge in [0, 0.05) is 0 Å². The van der Waals surface area contributed by atoms with E-state index in [0.717, 1.165) is 4.90 Å². The van der Waals surface area contributed by atoms with E-state index in [9.17, 15) is 14.4 Å². The zero-order chi connectivity index (χ0) is 17.8. The summed E-state index contributed by atoms with van der Waals surface area (Å²) in [4.78, 5) is 37.8. The van der Waals surface area contributed by atoms with Crippen LogP contribution in [0.4, 0.5) is 10.5 Å². The molecule has 126 valence electrons. The number of benzene rings is 2. The number of nitrogens with zero attached hydrogens (tertiary/aromatic N) is 1. The van der Waals surface area contributed by atoms with Gasteiger partial charge < -0.3 is 4.74 Å². The van der Waals surface area contributed by atoms with Crippen molar-refractivity contribution in [1.82, 2.24) is 5.32 Å². The molecule has 0 atom stereocenters. The van der Waals surface area contributed by atoms with E-state index >= 15 is 0 Å². The molecule has 1 saturated heterocycles. The van der Waals surface area contributed by atoms with Gasteiger partial charge in [0.05, 0.1) is 12.3 Å². The summed E-state index contributed by atoms with van der Waals surface area (Å²) in [6, 6.07) is 14.7. The van der Waals surface area contributed by atoms with Crippen LogP contribution in [0.1, 0.15) is 12.5 Å². The maximum Gasteiger partial charge on any atom is 0.335 e. The van der Waals surface area contributed by atoms with Crippen LogP contribution in [-0.2, 0) is 9.59 Å². The Bertz CT molecular complexity index is 841. The summed E-state index contributed by atoms with van der Waals surface area (Å²) in [6.07, 6.45) is 1.46. The predicted octanol–water partition coefficient (Wildman–Crippen LogP) is 2.75. The molecule has 25 heavy (non-hydrogen) atoms. The Morgan fingerprint density at radius 3 is 2.32 bits per heavy atom. The molecule has 0 aliphatic carbocycles. The molecule has 2 aromatic rings. The second-order valence-electron chi connectivity index (χ2n) is 5.30. The number of urea groups is 1. The zero-order valence-electron chi connectivity index (χ0n) is 13.6. The van der Waals surface area contributed by atoms with Crippen molar-refractivity contribution >= 4 is 29.6 Å². The predicted molar refractivity (Wildman–Crippen MR) is 93.1 cm³/mol. The molecule has 1 fully saturated rings. The second kappa shape index (κ2) is 7.00. The minimum atomic E-state index is -0.774. The first kappa shape index (κ1) is 16.4. The number of ether oxygens (including phenoxy) is 1. The largest absolute Gasteiger partial charge is 0.494 e. The zero-order valence-corrected chi connectivity index (χ0v) is 13.6. The van der Waals surface area contributed by atoms with Crippen molar-refractivity contribution in [3.05, 3.63) is 65.7 Å². The van der Waals surface area contributed by atoms with Gasteiger partial charge in [-0.25, -0.2) is 9.69 Å². The molecule has 0 spiro atoms. The number of barbiturate groups is 1. The fourth-order valence-corrected chi connectivity index (χ4v) is 2.47. The van der Waals surface area contributed by atoms with Crippen LogP contribution in [0, 0.1) is 0 Å². The Balaban J connectivity index is 1.94. The fourth-order valence-electron chi connectivity index (χ4n) is 2.47. The van der Waals surface area contributed by atoms with Crippen molar-refractivity contribution in [2.24, 2.45) is 0 Å². The van der Waals surface area contributed by atoms with Gasteiger partial charge in [-0.05, 0) is 42.8 Å². The number of amides is 4. The smallest absolute Gasteiger partial charge is 0.335 e. The van der Waals surface area contributed by atoms with Crippen LogP contribution < -0.4 is 15.0 Å². The van der Waals surface area contributed by atoms with Gasteiger partial charge >= 0.3 is 6.03 Å². The molecule has 0 saturated carbocycles. The number of nitrogens with one attached hydrogen (secondary N) is 1. The Kier molecular flexibility index (Phi) is 4.61. The summed E-state index contributed by atoms with van der Waals surface area (Å²) in [5.41, 5.74) is 0.957. The highest BCUT2D eigenvalue weighted by atomic mass is 16.5. The lowest BCUT2D eigenvalue weighted by Gasteiger charge is -2.26. The standard InChI is InChI=1S/C19H16N2O4/c1-2-25-15-10-8-14(9-11-15)21-18(23)16(17(22)20-19(21)24)12-13-6-4-3-5-7-13/h3-12H,2H2,1H3,(H,20,22,24)/b16-12+. The van der Waals surface area contributed by atoms with Crippen LogP contribution in [0.2, 0.25) is 0 Å². The highest BCUT2D eigenvalue weighted by molar-refractivity contribution is 6.39. The summed E-state index contributed by atoms with van der Waals surface area (Å²) in [6.45, 7) is 2.38. The summed E-state index contributed by atoms with van der Waals surface area (Å²) in [7, 11) is 0. The van der Waals surface area contributed by atoms with Crippen LogP contribution in [-0.4, -0.2) is 24.5 Å². The van der Waals surface area contributed by atoms with Gasteiger partial charge in [0.25, 0.3) is 11.8 Å².